The van der Waals surface area contributed by atoms with Gasteiger partial charge in [-0.05, 0) is 0 Å². The van der Waals surface area contributed by atoms with Crippen LogP contribution in [0.1, 0.15) is 0 Å². The third kappa shape index (κ3) is 2.49. The van der Waals surface area contributed by atoms with Crippen molar-refractivity contribution in [2.75, 3.05) is 0 Å². The summed E-state index contributed by atoms with van der Waals surface area (Å²) in [5, 5.41) is 89.7. The van der Waals surface area contributed by atoms with Gasteiger partial charge in [-0.2, -0.15) is 0 Å². The number of rotatable bonds is 9. The van der Waals surface area contributed by atoms with Crippen molar-refractivity contribution in [2.24, 2.45) is 0 Å². The zero-order chi connectivity index (χ0) is 47.0. The normalized spacial score (nSPS) is 15.2. The maximum atomic E-state index is 14.6. The van der Waals surface area contributed by atoms with E-state index in [9.17, 15) is 79.2 Å². The molecular formula is C40H25N8NiO16. The zero-order valence-corrected chi connectivity index (χ0v) is 33.0. The van der Waals surface area contributed by atoms with Crippen LogP contribution in [0.4, 0.5) is 38.4 Å². The summed E-state index contributed by atoms with van der Waals surface area (Å²) < 4.78 is -3.33. The minimum absolute atomic E-state index is 0.00785. The molecule has 331 valence electrons. The molecule has 0 saturated heterocycles. The van der Waals surface area contributed by atoms with Gasteiger partial charge in [0.25, 0.3) is 0 Å². The van der Waals surface area contributed by atoms with Crippen LogP contribution in [0.15, 0.2) is 91.0 Å². The molecule has 3 aromatic heterocycles. The number of aromatic nitrogens is 8. The van der Waals surface area contributed by atoms with Crippen molar-refractivity contribution in [3.8, 4) is 45.6 Å². The fourth-order valence-electron chi connectivity index (χ4n) is 8.36. The van der Waals surface area contributed by atoms with Gasteiger partial charge in [0.15, 0.2) is 0 Å². The quantitative estimate of drug-likeness (QED) is 0.0618. The van der Waals surface area contributed by atoms with Crippen LogP contribution in [0.2, 0.25) is 0 Å². The molecule has 4 aromatic carbocycles. The van der Waals surface area contributed by atoms with Crippen molar-refractivity contribution in [1.82, 2.24) is 39.9 Å². The van der Waals surface area contributed by atoms with E-state index in [1.54, 1.807) is 36.4 Å². The van der Waals surface area contributed by atoms with E-state index in [1.165, 1.54) is 36.4 Å². The average Bonchev–Trinajstić information content (AvgIpc) is 4.00. The number of carboxylic acid groups (broad SMARTS) is 8. The number of nitrogens with zero attached hydrogens (tertiary/aromatic N) is 6. The minimum atomic E-state index is -14.9. The van der Waals surface area contributed by atoms with Gasteiger partial charge in [0, 0.05) is 0 Å². The first-order chi connectivity index (χ1) is 30.6. The van der Waals surface area contributed by atoms with Crippen LogP contribution in [0.3, 0.4) is 0 Å². The van der Waals surface area contributed by atoms with Crippen molar-refractivity contribution in [3.63, 3.8) is 0 Å². The summed E-state index contributed by atoms with van der Waals surface area (Å²) in [6, 6.07) is 19.4. The Morgan fingerprint density at radius 3 is 0.954 bits per heavy atom. The van der Waals surface area contributed by atoms with E-state index >= 15 is 0 Å². The summed E-state index contributed by atoms with van der Waals surface area (Å²) in [5.74, 6) is -1.05. The fraction of sp³-hybridized carbons (Fsp3) is 0. The van der Waals surface area contributed by atoms with Crippen LogP contribution in [0.5, 0.6) is 0 Å². The van der Waals surface area contributed by atoms with E-state index in [2.05, 4.69) is 29.9 Å². The summed E-state index contributed by atoms with van der Waals surface area (Å²) in [7, 11) is -14.9. The van der Waals surface area contributed by atoms with Gasteiger partial charge in [-0.1, -0.05) is 6.07 Å². The molecular weight excluding hydrogens is 907 g/mol. The second-order valence-corrected chi connectivity index (χ2v) is 27.3. The Labute approximate surface area is 350 Å². The van der Waals surface area contributed by atoms with E-state index in [0.29, 0.717) is 16.3 Å². The molecule has 0 fully saturated rings. The van der Waals surface area contributed by atoms with Crippen LogP contribution in [-0.2, 0) is 7.25 Å². The molecule has 9 rings (SSSR count). The van der Waals surface area contributed by atoms with E-state index in [1.807, 2.05) is 0 Å². The monoisotopic (exact) mass is 931 g/mol. The molecule has 24 nitrogen and oxygen atoms in total. The molecule has 0 unspecified atom stereocenters. The third-order valence-electron chi connectivity index (χ3n) is 12.5. The van der Waals surface area contributed by atoms with Gasteiger partial charge in [-0.25, -0.2) is 0 Å². The summed E-state index contributed by atoms with van der Waals surface area (Å²) in [6.07, 6.45) is 0. The van der Waals surface area contributed by atoms with Crippen LogP contribution < -0.4 is 4.53 Å². The van der Waals surface area contributed by atoms with Crippen LogP contribution in [0, 0.1) is 0 Å². The second kappa shape index (κ2) is 10.1. The van der Waals surface area contributed by atoms with E-state index in [0.717, 1.165) is 6.07 Å². The first-order valence-electron chi connectivity index (χ1n) is 17.8. The molecule has 8 bridgehead atoms. The molecule has 25 heteroatoms. The third-order valence-corrected chi connectivity index (χ3v) is 28.6. The van der Waals surface area contributed by atoms with Gasteiger partial charge in [0.2, 0.25) is 0 Å². The molecule has 0 radical (unpaired) electrons. The molecule has 0 aliphatic carbocycles. The molecule has 0 atom stereocenters. The van der Waals surface area contributed by atoms with Gasteiger partial charge in [0.1, 0.15) is 0 Å². The van der Waals surface area contributed by atoms with Crippen molar-refractivity contribution >= 4 is 88.2 Å². The number of aromatic amines is 2. The van der Waals surface area contributed by atoms with Gasteiger partial charge < -0.3 is 0 Å². The SMILES string of the molecule is O=[C](O)[Ni]([C](=O)O)([C](=O)O)([C](=O)O)([C](=O)O)([C](=O)O)([C](=O)O)([C](=O)O)[c]1cccc2c3nc4nc(nc5[nH]c(nc6nc(nc([nH]3)c12)-c1ccccc1-6)c1ccccc51)-c1ccccc1-4. The Morgan fingerprint density at radius 2 is 0.615 bits per heavy atom. The van der Waals surface area contributed by atoms with Gasteiger partial charge in [0.05, 0.1) is 0 Å². The van der Waals surface area contributed by atoms with Crippen molar-refractivity contribution < 1.29 is 86.5 Å². The molecule has 7 aromatic rings. The Hall–Kier alpha value is -9.51. The van der Waals surface area contributed by atoms with E-state index < -0.39 is 85.3 Å². The maximum absolute atomic E-state index is 14.9. The van der Waals surface area contributed by atoms with E-state index in [4.69, 9.17) is 9.97 Å². The Balaban J connectivity index is 1.74. The summed E-state index contributed by atoms with van der Waals surface area (Å²) in [6.45, 7) is 0. The molecule has 0 amide bonds. The molecule has 10 N–H and O–H groups in total. The van der Waals surface area contributed by atoms with Crippen molar-refractivity contribution in [3.05, 3.63) is 91.0 Å². The fourth-order valence-corrected chi connectivity index (χ4v) is 17.2. The first-order valence-corrected chi connectivity index (χ1v) is 22.2. The molecule has 5 heterocycles. The number of hydrogen-bond donors (Lipinski definition) is 10. The average molecular weight is 932 g/mol. The van der Waals surface area contributed by atoms with Gasteiger partial charge >= 0.3 is 345 Å². The predicted molar refractivity (Wildman–Crippen MR) is 220 cm³/mol. The van der Waals surface area contributed by atoms with Crippen molar-refractivity contribution in [1.29, 1.82) is 0 Å². The Morgan fingerprint density at radius 1 is 0.338 bits per heavy atom. The number of carbonyl (C=O) groups is 8. The number of hydrogen-bond acceptors (Lipinski definition) is 14. The predicted octanol–water partition coefficient (Wildman–Crippen LogP) is 7.75. The van der Waals surface area contributed by atoms with Crippen molar-refractivity contribution in [2.45, 2.75) is 0 Å². The molecule has 65 heavy (non-hydrogen) atoms. The van der Waals surface area contributed by atoms with Crippen LogP contribution >= 0.6 is 0 Å². The standard InChI is InChI=1S/C32H17N8.8CHO2.Ni/c1-2-10-18-17(9-1)25-33-26(18)38-28-21-13-5-6-14-22(21)30(35-28)40-32-24-16-8-7-15-23(24)31(36-32)39-29-20-12-4-3-11-19(20)27(34-29)37-25;8*2-1-3;/h1-15H,(H2,33,34,35,36,37,38,39,40);8*(H,2,3);. The summed E-state index contributed by atoms with van der Waals surface area (Å²) in [4.78, 5) is 110. The molecule has 0 saturated carbocycles. The van der Waals surface area contributed by atoms with Gasteiger partial charge in [-0.15, -0.1) is 0 Å². The second-order valence-electron chi connectivity index (χ2n) is 14.5. The molecule has 2 aliphatic heterocycles. The number of H-pyrrole nitrogens is 2. The van der Waals surface area contributed by atoms with Gasteiger partial charge in [-0.3, -0.25) is 0 Å². The molecule has 0 spiro atoms. The van der Waals surface area contributed by atoms with Crippen LogP contribution in [0.25, 0.3) is 89.7 Å². The number of benzene rings is 4. The Kier molecular flexibility index (Phi) is 6.33. The first kappa shape index (κ1) is 40.9. The van der Waals surface area contributed by atoms with Crippen LogP contribution in [-0.4, -0.2) is 120 Å². The molecule has 2 aliphatic rings. The summed E-state index contributed by atoms with van der Waals surface area (Å²) in [5.41, 5.74) is -1.08. The zero-order valence-electron chi connectivity index (χ0n) is 32.0. The number of fused-ring (bicyclic) bond motifs is 20. The number of nitrogens with one attached hydrogen (secondary N) is 2. The topological polar surface area (TPSA) is 407 Å². The Bertz CT molecular complexity index is 3660. The summed E-state index contributed by atoms with van der Waals surface area (Å²) >= 11 is 0. The van der Waals surface area contributed by atoms with E-state index in [-0.39, 0.29) is 51.5 Å².